The van der Waals surface area contributed by atoms with Gasteiger partial charge in [-0.25, -0.2) is 0 Å². The van der Waals surface area contributed by atoms with Crippen LogP contribution in [-0.4, -0.2) is 14.7 Å². The van der Waals surface area contributed by atoms with Crippen LogP contribution in [0.2, 0.25) is 5.02 Å². The molecule has 1 N–H and O–H groups in total. The summed E-state index contributed by atoms with van der Waals surface area (Å²) in [4.78, 5) is 11.8. The molecule has 0 saturated heterocycles. The van der Waals surface area contributed by atoms with Crippen LogP contribution in [0.1, 0.15) is 15.9 Å². The van der Waals surface area contributed by atoms with Crippen molar-refractivity contribution in [2.24, 2.45) is 0 Å². The smallest absolute Gasteiger partial charge is 0.416 e. The van der Waals surface area contributed by atoms with Crippen LogP contribution >= 0.6 is 11.6 Å². The summed E-state index contributed by atoms with van der Waals surface area (Å²) in [6, 6.07) is 7.48. The topological polar surface area (TPSA) is 69.2 Å². The lowest BCUT2D eigenvalue weighted by atomic mass is 10.1. The van der Waals surface area contributed by atoms with Gasteiger partial charge in [-0.3, -0.25) is 9.00 Å². The molecule has 4 nitrogen and oxygen atoms in total. The second-order valence-electron chi connectivity index (χ2n) is 4.41. The van der Waals surface area contributed by atoms with E-state index in [0.717, 1.165) is 30.3 Å². The van der Waals surface area contributed by atoms with Gasteiger partial charge in [-0.2, -0.15) is 13.2 Å². The average molecular weight is 363 g/mol. The predicted octanol–water partition coefficient (Wildman–Crippen LogP) is 3.85. The first-order chi connectivity index (χ1) is 10.7. The number of nitrogens with one attached hydrogen (secondary N) is 1. The van der Waals surface area contributed by atoms with Crippen LogP contribution in [-0.2, 0) is 17.3 Å². The SMILES string of the molecule is O=C(Nc1ccc(C(F)(F)F)cc1)c1ccc(Cl)c(S(=O)[O-])c1. The van der Waals surface area contributed by atoms with Crippen LogP contribution < -0.4 is 5.32 Å². The van der Waals surface area contributed by atoms with Gasteiger partial charge >= 0.3 is 6.18 Å². The Morgan fingerprint density at radius 3 is 2.26 bits per heavy atom. The summed E-state index contributed by atoms with van der Waals surface area (Å²) in [7, 11) is 0. The molecule has 0 aliphatic carbocycles. The number of anilines is 1. The van der Waals surface area contributed by atoms with Crippen LogP contribution in [0.5, 0.6) is 0 Å². The Labute approximate surface area is 136 Å². The Morgan fingerprint density at radius 1 is 1.13 bits per heavy atom. The molecule has 0 aliphatic heterocycles. The van der Waals surface area contributed by atoms with Crippen molar-refractivity contribution < 1.29 is 26.7 Å². The van der Waals surface area contributed by atoms with Gasteiger partial charge in [0.1, 0.15) is 0 Å². The zero-order chi connectivity index (χ0) is 17.2. The van der Waals surface area contributed by atoms with Gasteiger partial charge in [0.05, 0.1) is 10.6 Å². The van der Waals surface area contributed by atoms with E-state index < -0.39 is 28.7 Å². The molecule has 1 unspecified atom stereocenters. The van der Waals surface area contributed by atoms with Crippen LogP contribution in [0.4, 0.5) is 18.9 Å². The molecule has 122 valence electrons. The molecule has 0 saturated carbocycles. The summed E-state index contributed by atoms with van der Waals surface area (Å²) >= 11 is 3.07. The van der Waals surface area contributed by atoms with E-state index in [1.165, 1.54) is 12.1 Å². The van der Waals surface area contributed by atoms with Crippen molar-refractivity contribution in [2.75, 3.05) is 5.32 Å². The molecule has 2 aromatic carbocycles. The molecule has 2 rings (SSSR count). The summed E-state index contributed by atoms with van der Waals surface area (Å²) in [6.07, 6.45) is -4.47. The van der Waals surface area contributed by atoms with Crippen LogP contribution in [0.25, 0.3) is 0 Å². The second-order valence-corrected chi connectivity index (χ2v) is 5.73. The fourth-order valence-corrected chi connectivity index (χ4v) is 2.48. The fourth-order valence-electron chi connectivity index (χ4n) is 1.72. The van der Waals surface area contributed by atoms with Gasteiger partial charge < -0.3 is 9.87 Å². The zero-order valence-electron chi connectivity index (χ0n) is 11.2. The molecule has 1 amide bonds. The number of carbonyl (C=O) groups is 1. The number of halogens is 4. The Hall–Kier alpha value is -1.90. The van der Waals surface area contributed by atoms with E-state index in [0.29, 0.717) is 0 Å². The highest BCUT2D eigenvalue weighted by Gasteiger charge is 2.30. The Kier molecular flexibility index (Phi) is 5.08. The van der Waals surface area contributed by atoms with Crippen LogP contribution in [0.3, 0.4) is 0 Å². The highest BCUT2D eigenvalue weighted by Crippen LogP contribution is 2.30. The molecule has 0 aliphatic rings. The molecule has 0 spiro atoms. The van der Waals surface area contributed by atoms with Crippen LogP contribution in [0.15, 0.2) is 47.4 Å². The lowest BCUT2D eigenvalue weighted by Gasteiger charge is -2.11. The van der Waals surface area contributed by atoms with Crippen molar-refractivity contribution in [1.82, 2.24) is 0 Å². The molecular formula is C14H8ClF3NO3S-. The van der Waals surface area contributed by atoms with E-state index in [1.807, 2.05) is 0 Å². The molecule has 1 atom stereocenters. The molecule has 23 heavy (non-hydrogen) atoms. The third-order valence-corrected chi connectivity index (χ3v) is 3.98. The molecule has 0 aromatic heterocycles. The molecule has 9 heteroatoms. The van der Waals surface area contributed by atoms with Crippen molar-refractivity contribution in [3.63, 3.8) is 0 Å². The third-order valence-electron chi connectivity index (χ3n) is 2.84. The van der Waals surface area contributed by atoms with Crippen molar-refractivity contribution in [1.29, 1.82) is 0 Å². The summed E-state index contributed by atoms with van der Waals surface area (Å²) in [5.74, 6) is -0.673. The predicted molar refractivity (Wildman–Crippen MR) is 78.0 cm³/mol. The summed E-state index contributed by atoms with van der Waals surface area (Å²) in [5.41, 5.74) is -0.692. The molecule has 0 heterocycles. The number of amides is 1. The monoisotopic (exact) mass is 362 g/mol. The molecule has 2 aromatic rings. The van der Waals surface area contributed by atoms with Gasteiger partial charge in [-0.05, 0) is 53.5 Å². The minimum absolute atomic E-state index is 0.00787. The number of alkyl halides is 3. The molecule has 0 fully saturated rings. The van der Waals surface area contributed by atoms with Gasteiger partial charge in [-0.15, -0.1) is 0 Å². The Bertz CT molecular complexity index is 763. The number of hydrogen-bond donors (Lipinski definition) is 1. The van der Waals surface area contributed by atoms with E-state index in [-0.39, 0.29) is 21.2 Å². The van der Waals surface area contributed by atoms with Crippen molar-refractivity contribution in [3.8, 4) is 0 Å². The quantitative estimate of drug-likeness (QED) is 0.843. The third kappa shape index (κ3) is 4.31. The molecular weight excluding hydrogens is 355 g/mol. The van der Waals surface area contributed by atoms with Crippen molar-refractivity contribution >= 4 is 34.3 Å². The van der Waals surface area contributed by atoms with Gasteiger partial charge in [0.15, 0.2) is 0 Å². The standard InChI is InChI=1S/C14H9ClF3NO3S/c15-11-6-1-8(7-12(11)23(21)22)13(20)19-10-4-2-9(3-5-10)14(16,17)18/h1-7H,(H,19,20)(H,21,22)/p-1. The maximum atomic E-state index is 12.4. The minimum Gasteiger partial charge on any atom is -0.768 e. The molecule has 0 bridgehead atoms. The maximum absolute atomic E-state index is 12.4. The first-order valence-electron chi connectivity index (χ1n) is 6.06. The van der Waals surface area contributed by atoms with Gasteiger partial charge in [0.25, 0.3) is 5.91 Å². The van der Waals surface area contributed by atoms with E-state index in [2.05, 4.69) is 5.32 Å². The zero-order valence-corrected chi connectivity index (χ0v) is 12.8. The molecule has 0 radical (unpaired) electrons. The lowest BCUT2D eigenvalue weighted by molar-refractivity contribution is -0.137. The Balaban J connectivity index is 2.19. The average Bonchev–Trinajstić information content (AvgIpc) is 2.47. The van der Waals surface area contributed by atoms with Gasteiger partial charge in [-0.1, -0.05) is 11.6 Å². The van der Waals surface area contributed by atoms with Crippen LogP contribution in [0, 0.1) is 0 Å². The second kappa shape index (κ2) is 6.69. The maximum Gasteiger partial charge on any atom is 0.416 e. The number of carbonyl (C=O) groups excluding carboxylic acids is 1. The summed E-state index contributed by atoms with van der Waals surface area (Å²) in [6.45, 7) is 0. The van der Waals surface area contributed by atoms with Crippen molar-refractivity contribution in [2.45, 2.75) is 11.1 Å². The lowest BCUT2D eigenvalue weighted by Crippen LogP contribution is -2.13. The largest absolute Gasteiger partial charge is 0.768 e. The number of benzene rings is 2. The van der Waals surface area contributed by atoms with E-state index in [9.17, 15) is 26.7 Å². The highest BCUT2D eigenvalue weighted by atomic mass is 35.5. The van der Waals surface area contributed by atoms with E-state index in [1.54, 1.807) is 0 Å². The number of rotatable bonds is 3. The summed E-state index contributed by atoms with van der Waals surface area (Å²) < 4.78 is 59.3. The van der Waals surface area contributed by atoms with Gasteiger partial charge in [0, 0.05) is 16.1 Å². The normalized spacial score (nSPS) is 12.7. The first-order valence-corrected chi connectivity index (χ1v) is 7.51. The summed E-state index contributed by atoms with van der Waals surface area (Å²) in [5, 5.41) is 2.33. The Morgan fingerprint density at radius 2 is 1.74 bits per heavy atom. The van der Waals surface area contributed by atoms with Gasteiger partial charge in [0.2, 0.25) is 0 Å². The van der Waals surface area contributed by atoms with E-state index in [4.69, 9.17) is 11.6 Å². The van der Waals surface area contributed by atoms with E-state index >= 15 is 0 Å². The number of hydrogen-bond acceptors (Lipinski definition) is 3. The highest BCUT2D eigenvalue weighted by molar-refractivity contribution is 7.79. The fraction of sp³-hybridized carbons (Fsp3) is 0.0714. The van der Waals surface area contributed by atoms with Crippen molar-refractivity contribution in [3.05, 3.63) is 58.6 Å². The minimum atomic E-state index is -4.47. The first kappa shape index (κ1) is 17.5.